The van der Waals surface area contributed by atoms with E-state index in [1.54, 1.807) is 0 Å². The fourth-order valence-corrected chi connectivity index (χ4v) is 3.96. The van der Waals surface area contributed by atoms with Crippen LogP contribution in [0.4, 0.5) is 4.39 Å². The van der Waals surface area contributed by atoms with Crippen LogP contribution in [-0.4, -0.2) is 26.5 Å². The number of fused-ring (bicyclic) bond motifs is 1. The molecule has 3 rings (SSSR count). The van der Waals surface area contributed by atoms with Gasteiger partial charge in [0.1, 0.15) is 10.8 Å². The lowest BCUT2D eigenvalue weighted by molar-refractivity contribution is 0.184. The summed E-state index contributed by atoms with van der Waals surface area (Å²) in [5, 5.41) is 4.97. The van der Waals surface area contributed by atoms with E-state index in [1.807, 2.05) is 26.1 Å². The molecule has 1 aromatic carbocycles. The minimum atomic E-state index is -0.241. The van der Waals surface area contributed by atoms with Gasteiger partial charge in [-0.2, -0.15) is 9.61 Å². The highest BCUT2D eigenvalue weighted by atomic mass is 32.1. The lowest BCUT2D eigenvalue weighted by Gasteiger charge is -2.31. The van der Waals surface area contributed by atoms with Gasteiger partial charge < -0.3 is 0 Å². The SMILES string of the molecule is Cc1nn2c(=O)cc(CN(C)C(c3ccc(F)cc3)C(C)C)nc2s1. The molecule has 0 aliphatic carbocycles. The van der Waals surface area contributed by atoms with Crippen LogP contribution in [0.1, 0.15) is 36.2 Å². The summed E-state index contributed by atoms with van der Waals surface area (Å²) in [4.78, 5) is 19.5. The summed E-state index contributed by atoms with van der Waals surface area (Å²) < 4.78 is 14.6. The number of hydrogen-bond donors (Lipinski definition) is 0. The first kappa shape index (κ1) is 17.7. The van der Waals surface area contributed by atoms with Crippen LogP contribution >= 0.6 is 11.3 Å². The molecule has 0 amide bonds. The Bertz CT molecular complexity index is 932. The van der Waals surface area contributed by atoms with E-state index in [1.165, 1.54) is 34.1 Å². The van der Waals surface area contributed by atoms with Gasteiger partial charge in [0.25, 0.3) is 5.56 Å². The molecule has 5 nitrogen and oxygen atoms in total. The van der Waals surface area contributed by atoms with Crippen LogP contribution in [0.3, 0.4) is 0 Å². The second-order valence-electron chi connectivity index (χ2n) is 6.56. The molecule has 3 aromatic rings. The number of benzene rings is 1. The number of nitrogens with zero attached hydrogens (tertiary/aromatic N) is 4. The molecule has 0 aliphatic rings. The molecular weight excluding hydrogens is 339 g/mol. The summed E-state index contributed by atoms with van der Waals surface area (Å²) in [7, 11) is 2.00. The summed E-state index contributed by atoms with van der Waals surface area (Å²) >= 11 is 1.40. The number of rotatable bonds is 5. The van der Waals surface area contributed by atoms with Gasteiger partial charge in [0, 0.05) is 18.7 Å². The molecule has 1 atom stereocenters. The van der Waals surface area contributed by atoms with Crippen molar-refractivity contribution < 1.29 is 4.39 Å². The van der Waals surface area contributed by atoms with E-state index >= 15 is 0 Å². The summed E-state index contributed by atoms with van der Waals surface area (Å²) in [6, 6.07) is 8.22. The molecule has 2 heterocycles. The molecule has 0 aliphatic heterocycles. The molecule has 132 valence electrons. The predicted octanol–water partition coefficient (Wildman–Crippen LogP) is 3.43. The number of aromatic nitrogens is 3. The molecule has 0 spiro atoms. The van der Waals surface area contributed by atoms with Crippen LogP contribution < -0.4 is 5.56 Å². The Balaban J connectivity index is 1.89. The molecule has 2 aromatic heterocycles. The largest absolute Gasteiger partial charge is 0.293 e. The van der Waals surface area contributed by atoms with Crippen LogP contribution in [0.25, 0.3) is 4.96 Å². The van der Waals surface area contributed by atoms with Crippen LogP contribution in [-0.2, 0) is 6.54 Å². The van der Waals surface area contributed by atoms with E-state index in [0.717, 1.165) is 10.6 Å². The minimum Gasteiger partial charge on any atom is -0.293 e. The van der Waals surface area contributed by atoms with Crippen molar-refractivity contribution in [1.82, 2.24) is 19.5 Å². The minimum absolute atomic E-state index is 0.101. The summed E-state index contributed by atoms with van der Waals surface area (Å²) in [6.07, 6.45) is 0. The van der Waals surface area contributed by atoms with Crippen LogP contribution in [0.2, 0.25) is 0 Å². The van der Waals surface area contributed by atoms with Crippen molar-refractivity contribution in [1.29, 1.82) is 0 Å². The Morgan fingerprint density at radius 2 is 1.96 bits per heavy atom. The summed E-state index contributed by atoms with van der Waals surface area (Å²) in [6.45, 7) is 6.64. The first-order valence-corrected chi connectivity index (χ1v) is 8.99. The molecular formula is C18H21FN4OS. The summed E-state index contributed by atoms with van der Waals surface area (Å²) in [5.74, 6) is 0.0838. The normalized spacial score (nSPS) is 13.1. The van der Waals surface area contributed by atoms with Gasteiger partial charge in [0.15, 0.2) is 0 Å². The standard InChI is InChI=1S/C18H21FN4OS/c1-11(2)17(13-5-7-14(19)8-6-13)22(4)10-15-9-16(24)23-18(20-15)25-12(3)21-23/h5-9,11,17H,10H2,1-4H3. The topological polar surface area (TPSA) is 50.5 Å². The van der Waals surface area contributed by atoms with Crippen LogP contribution in [0, 0.1) is 18.7 Å². The number of halogens is 1. The van der Waals surface area contributed by atoms with Crippen LogP contribution in [0.5, 0.6) is 0 Å². The van der Waals surface area contributed by atoms with Gasteiger partial charge in [-0.15, -0.1) is 0 Å². The average Bonchev–Trinajstić information content (AvgIpc) is 2.90. The van der Waals surface area contributed by atoms with Crippen molar-refractivity contribution in [3.63, 3.8) is 0 Å². The zero-order valence-corrected chi connectivity index (χ0v) is 15.5. The zero-order valence-electron chi connectivity index (χ0n) is 14.7. The molecule has 0 saturated carbocycles. The quantitative estimate of drug-likeness (QED) is 0.699. The molecule has 0 radical (unpaired) electrons. The van der Waals surface area contributed by atoms with E-state index in [2.05, 4.69) is 28.8 Å². The van der Waals surface area contributed by atoms with E-state index in [0.29, 0.717) is 23.1 Å². The Morgan fingerprint density at radius 3 is 2.60 bits per heavy atom. The van der Waals surface area contributed by atoms with Gasteiger partial charge in [0.2, 0.25) is 4.96 Å². The lowest BCUT2D eigenvalue weighted by Crippen LogP contribution is -2.29. The van der Waals surface area contributed by atoms with Crippen molar-refractivity contribution in [2.75, 3.05) is 7.05 Å². The number of aryl methyl sites for hydroxylation is 1. The zero-order chi connectivity index (χ0) is 18.1. The fourth-order valence-electron chi connectivity index (χ4n) is 3.20. The molecule has 0 saturated heterocycles. The van der Waals surface area contributed by atoms with Gasteiger partial charge in [0.05, 0.1) is 5.69 Å². The predicted molar refractivity (Wildman–Crippen MR) is 97.3 cm³/mol. The Kier molecular flexibility index (Phi) is 4.96. The van der Waals surface area contributed by atoms with Crippen molar-refractivity contribution in [2.24, 2.45) is 5.92 Å². The smallest absolute Gasteiger partial charge is 0.275 e. The van der Waals surface area contributed by atoms with Crippen molar-refractivity contribution in [3.05, 3.63) is 62.8 Å². The Hall–Kier alpha value is -2.12. The third kappa shape index (κ3) is 3.77. The van der Waals surface area contributed by atoms with E-state index in [4.69, 9.17) is 0 Å². The molecule has 0 N–H and O–H groups in total. The van der Waals surface area contributed by atoms with E-state index in [9.17, 15) is 9.18 Å². The van der Waals surface area contributed by atoms with Crippen molar-refractivity contribution in [3.8, 4) is 0 Å². The molecule has 25 heavy (non-hydrogen) atoms. The third-order valence-corrected chi connectivity index (χ3v) is 4.95. The second-order valence-corrected chi connectivity index (χ2v) is 7.72. The lowest BCUT2D eigenvalue weighted by atomic mass is 9.94. The maximum absolute atomic E-state index is 13.2. The number of hydrogen-bond acceptors (Lipinski definition) is 5. The van der Waals surface area contributed by atoms with Crippen molar-refractivity contribution >= 4 is 16.3 Å². The third-order valence-electron chi connectivity index (χ3n) is 4.13. The highest BCUT2D eigenvalue weighted by Crippen LogP contribution is 2.28. The Labute approximate surface area is 149 Å². The summed E-state index contributed by atoms with van der Waals surface area (Å²) in [5.41, 5.74) is 1.59. The van der Waals surface area contributed by atoms with Gasteiger partial charge >= 0.3 is 0 Å². The highest BCUT2D eigenvalue weighted by molar-refractivity contribution is 7.16. The van der Waals surface area contributed by atoms with Gasteiger partial charge in [-0.3, -0.25) is 9.69 Å². The maximum atomic E-state index is 13.2. The molecule has 7 heteroatoms. The average molecular weight is 360 g/mol. The Morgan fingerprint density at radius 1 is 1.28 bits per heavy atom. The first-order chi connectivity index (χ1) is 11.8. The molecule has 0 fully saturated rings. The maximum Gasteiger partial charge on any atom is 0.275 e. The van der Waals surface area contributed by atoms with Crippen molar-refractivity contribution in [2.45, 2.75) is 33.4 Å². The second kappa shape index (κ2) is 7.01. The van der Waals surface area contributed by atoms with E-state index < -0.39 is 0 Å². The van der Waals surface area contributed by atoms with Crippen LogP contribution in [0.15, 0.2) is 35.1 Å². The monoisotopic (exact) mass is 360 g/mol. The highest BCUT2D eigenvalue weighted by Gasteiger charge is 2.22. The van der Waals surface area contributed by atoms with Gasteiger partial charge in [-0.25, -0.2) is 9.37 Å². The first-order valence-electron chi connectivity index (χ1n) is 8.17. The van der Waals surface area contributed by atoms with Gasteiger partial charge in [-0.05, 0) is 37.6 Å². The fraction of sp³-hybridized carbons (Fsp3) is 0.389. The molecule has 0 bridgehead atoms. The van der Waals surface area contributed by atoms with Gasteiger partial charge in [-0.1, -0.05) is 37.3 Å². The van der Waals surface area contributed by atoms with E-state index in [-0.39, 0.29) is 17.4 Å². The molecule has 1 unspecified atom stereocenters.